The lowest BCUT2D eigenvalue weighted by molar-refractivity contribution is -0.274. The predicted octanol–water partition coefficient (Wildman–Crippen LogP) is 4.20. The Morgan fingerprint density at radius 2 is 1.92 bits per heavy atom. The summed E-state index contributed by atoms with van der Waals surface area (Å²) < 4.78 is 41.3. The number of nitrogens with one attached hydrogen (secondary N) is 1. The van der Waals surface area contributed by atoms with Gasteiger partial charge < -0.3 is 30.2 Å². The number of hydrogen-bond acceptors (Lipinski definition) is 6. The van der Waals surface area contributed by atoms with Crippen LogP contribution in [0.3, 0.4) is 0 Å². The van der Waals surface area contributed by atoms with Crippen LogP contribution in [-0.4, -0.2) is 78.4 Å². The quantitative estimate of drug-likeness (QED) is 0.494. The van der Waals surface area contributed by atoms with Crippen molar-refractivity contribution in [1.82, 2.24) is 19.8 Å². The Morgan fingerprint density at radius 1 is 1.16 bits per heavy atom. The van der Waals surface area contributed by atoms with Gasteiger partial charge in [-0.2, -0.15) is 0 Å². The first-order chi connectivity index (χ1) is 17.6. The Labute approximate surface area is 213 Å². The molecule has 2 fully saturated rings. The Bertz CT molecular complexity index is 1280. The fourth-order valence-electron chi connectivity index (χ4n) is 5.42. The molecule has 4 heterocycles. The highest BCUT2D eigenvalue weighted by atomic mass is 19.4. The summed E-state index contributed by atoms with van der Waals surface area (Å²) in [6, 6.07) is 6.18. The van der Waals surface area contributed by atoms with Gasteiger partial charge in [-0.3, -0.25) is 4.79 Å². The van der Waals surface area contributed by atoms with Crippen LogP contribution in [0, 0.1) is 0 Å². The van der Waals surface area contributed by atoms with Crippen molar-refractivity contribution in [2.24, 2.45) is 0 Å². The minimum Gasteiger partial charge on any atom is -0.406 e. The van der Waals surface area contributed by atoms with Crippen molar-refractivity contribution < 1.29 is 22.7 Å². The molecule has 2 aromatic heterocycles. The average molecular weight is 517 g/mol. The van der Waals surface area contributed by atoms with Crippen molar-refractivity contribution in [1.29, 1.82) is 0 Å². The zero-order chi connectivity index (χ0) is 26.3. The molecule has 2 aliphatic heterocycles. The van der Waals surface area contributed by atoms with Crippen molar-refractivity contribution in [3.8, 4) is 5.75 Å². The van der Waals surface area contributed by atoms with Crippen molar-refractivity contribution in [3.63, 3.8) is 0 Å². The zero-order valence-electron chi connectivity index (χ0n) is 20.9. The van der Waals surface area contributed by atoms with Gasteiger partial charge in [0, 0.05) is 55.6 Å². The second-order valence-corrected chi connectivity index (χ2v) is 10.0. The number of carbonyl (C=O) groups excluding carboxylic acids is 1. The van der Waals surface area contributed by atoms with E-state index in [0.29, 0.717) is 19.1 Å². The third-order valence-electron chi connectivity index (χ3n) is 7.52. The van der Waals surface area contributed by atoms with Crippen LogP contribution in [0.1, 0.15) is 41.1 Å². The Kier molecular flexibility index (Phi) is 6.65. The third kappa shape index (κ3) is 5.31. The summed E-state index contributed by atoms with van der Waals surface area (Å²) in [5, 5.41) is 1.11. The van der Waals surface area contributed by atoms with E-state index >= 15 is 0 Å². The van der Waals surface area contributed by atoms with E-state index in [1.165, 1.54) is 11.6 Å². The molecule has 8 nitrogen and oxygen atoms in total. The number of nitrogen functional groups attached to an aromatic ring is 1. The molecule has 3 N–H and O–H groups in total. The maximum Gasteiger partial charge on any atom is 0.573 e. The first-order valence-electron chi connectivity index (χ1n) is 12.4. The van der Waals surface area contributed by atoms with Crippen molar-refractivity contribution in [2.45, 2.75) is 37.6 Å². The first kappa shape index (κ1) is 25.2. The van der Waals surface area contributed by atoms with Crippen LogP contribution in [-0.2, 0) is 0 Å². The lowest BCUT2D eigenvalue weighted by Crippen LogP contribution is -2.38. The second kappa shape index (κ2) is 9.77. The van der Waals surface area contributed by atoms with E-state index < -0.39 is 12.1 Å². The number of piperidine rings is 1. The van der Waals surface area contributed by atoms with Gasteiger partial charge in [-0.1, -0.05) is 0 Å². The number of fused-ring (bicyclic) bond motifs is 1. The highest BCUT2D eigenvalue weighted by Gasteiger charge is 2.32. The van der Waals surface area contributed by atoms with Crippen LogP contribution in [0.25, 0.3) is 11.0 Å². The maximum atomic E-state index is 13.0. The topological polar surface area (TPSA) is 90.7 Å². The smallest absolute Gasteiger partial charge is 0.406 e. The number of nitrogens with zero attached hydrogens (tertiary/aromatic N) is 4. The molecule has 0 bridgehead atoms. The van der Waals surface area contributed by atoms with Crippen molar-refractivity contribution in [2.75, 3.05) is 50.9 Å². The van der Waals surface area contributed by atoms with Gasteiger partial charge in [0.2, 0.25) is 0 Å². The molecule has 2 saturated heterocycles. The van der Waals surface area contributed by atoms with Gasteiger partial charge in [-0.25, -0.2) is 4.98 Å². The molecule has 3 aromatic rings. The number of hydrogen-bond donors (Lipinski definition) is 2. The van der Waals surface area contributed by atoms with Crippen LogP contribution in [0.5, 0.6) is 5.75 Å². The summed E-state index contributed by atoms with van der Waals surface area (Å²) in [5.41, 5.74) is 9.21. The Balaban J connectivity index is 1.26. The molecule has 5 rings (SSSR count). The summed E-state index contributed by atoms with van der Waals surface area (Å²) in [6.45, 7) is 3.04. The summed E-state index contributed by atoms with van der Waals surface area (Å²) in [6.07, 6.45) is 1.79. The molecule has 0 spiro atoms. The summed E-state index contributed by atoms with van der Waals surface area (Å²) >= 11 is 0. The van der Waals surface area contributed by atoms with E-state index in [1.54, 1.807) is 4.90 Å². The van der Waals surface area contributed by atoms with Gasteiger partial charge in [-0.15, -0.1) is 13.2 Å². The van der Waals surface area contributed by atoms with Crippen molar-refractivity contribution >= 4 is 28.3 Å². The number of rotatable bonds is 5. The SMILES string of the molecule is CN(C)C1CCN(c2cnc3[nH]cc(C4CCN(C(=O)c5ccc(OC(F)(F)F)cc5N)CC4)c3c2)C1. The van der Waals surface area contributed by atoms with E-state index in [9.17, 15) is 18.0 Å². The zero-order valence-corrected chi connectivity index (χ0v) is 20.9. The fraction of sp³-hybridized carbons (Fsp3) is 0.462. The summed E-state index contributed by atoms with van der Waals surface area (Å²) in [4.78, 5) is 27.4. The third-order valence-corrected chi connectivity index (χ3v) is 7.52. The number of amides is 1. The van der Waals surface area contributed by atoms with Crippen LogP contribution in [0.15, 0.2) is 36.7 Å². The van der Waals surface area contributed by atoms with E-state index in [1.807, 2.05) is 12.4 Å². The average Bonchev–Trinajstić information content (AvgIpc) is 3.50. The highest BCUT2D eigenvalue weighted by Crippen LogP contribution is 2.35. The number of pyridine rings is 1. The molecule has 37 heavy (non-hydrogen) atoms. The lowest BCUT2D eigenvalue weighted by atomic mass is 9.89. The minimum absolute atomic E-state index is 0.0393. The van der Waals surface area contributed by atoms with Crippen molar-refractivity contribution in [3.05, 3.63) is 47.8 Å². The predicted molar refractivity (Wildman–Crippen MR) is 136 cm³/mol. The van der Waals surface area contributed by atoms with Crippen LogP contribution >= 0.6 is 0 Å². The Morgan fingerprint density at radius 3 is 2.57 bits per heavy atom. The van der Waals surface area contributed by atoms with E-state index in [2.05, 4.69) is 44.7 Å². The number of nitrogens with two attached hydrogens (primary N) is 1. The monoisotopic (exact) mass is 516 g/mol. The second-order valence-electron chi connectivity index (χ2n) is 10.0. The number of H-pyrrole nitrogens is 1. The molecule has 1 atom stereocenters. The number of carbonyl (C=O) groups is 1. The largest absolute Gasteiger partial charge is 0.573 e. The molecular formula is C26H31F3N6O2. The van der Waals surface area contributed by atoms with Gasteiger partial charge in [0.1, 0.15) is 11.4 Å². The summed E-state index contributed by atoms with van der Waals surface area (Å²) in [5.74, 6) is -0.469. The number of ether oxygens (including phenoxy) is 1. The lowest BCUT2D eigenvalue weighted by Gasteiger charge is -2.32. The number of benzene rings is 1. The van der Waals surface area contributed by atoms with Gasteiger partial charge in [0.25, 0.3) is 5.91 Å². The van der Waals surface area contributed by atoms with E-state index in [0.717, 1.165) is 61.2 Å². The van der Waals surface area contributed by atoms with E-state index in [-0.39, 0.29) is 23.1 Å². The minimum atomic E-state index is -4.82. The van der Waals surface area contributed by atoms with Crippen LogP contribution < -0.4 is 15.4 Å². The standard InChI is InChI=1S/C26H31F3N6O2/c1-33(2)17-7-10-35(15-17)18-11-21-22(14-32-24(21)31-13-18)16-5-8-34(9-6-16)25(36)20-4-3-19(12-23(20)30)37-26(27,28)29/h3-4,11-14,16-17H,5-10,15,30H2,1-2H3,(H,31,32). The van der Waals surface area contributed by atoms with Gasteiger partial charge >= 0.3 is 6.36 Å². The normalized spacial score (nSPS) is 19.2. The molecule has 1 amide bonds. The Hall–Kier alpha value is -3.47. The molecule has 1 aromatic carbocycles. The molecule has 1 unspecified atom stereocenters. The van der Waals surface area contributed by atoms with Gasteiger partial charge in [0.05, 0.1) is 17.4 Å². The summed E-state index contributed by atoms with van der Waals surface area (Å²) in [7, 11) is 4.23. The molecular weight excluding hydrogens is 485 g/mol. The van der Waals surface area contributed by atoms with Crippen LogP contribution in [0.2, 0.25) is 0 Å². The maximum absolute atomic E-state index is 13.0. The van der Waals surface area contributed by atoms with Crippen LogP contribution in [0.4, 0.5) is 24.5 Å². The number of likely N-dealkylation sites (N-methyl/N-ethyl adjacent to an activating group) is 1. The molecule has 0 aliphatic carbocycles. The number of alkyl halides is 3. The number of aromatic nitrogens is 2. The number of anilines is 2. The van der Waals surface area contributed by atoms with Gasteiger partial charge in [-0.05, 0) is 63.0 Å². The first-order valence-corrected chi connectivity index (χ1v) is 12.4. The molecule has 2 aliphatic rings. The number of likely N-dealkylation sites (tertiary alicyclic amines) is 1. The number of halogens is 3. The van der Waals surface area contributed by atoms with Gasteiger partial charge in [0.15, 0.2) is 0 Å². The van der Waals surface area contributed by atoms with E-state index in [4.69, 9.17) is 5.73 Å². The molecule has 11 heteroatoms. The molecule has 198 valence electrons. The highest BCUT2D eigenvalue weighted by molar-refractivity contribution is 5.99. The number of aromatic amines is 1. The fourth-order valence-corrected chi connectivity index (χ4v) is 5.42. The molecule has 0 radical (unpaired) electrons. The molecule has 0 saturated carbocycles.